The summed E-state index contributed by atoms with van der Waals surface area (Å²) in [5, 5.41) is 0. The molecule has 162 valence electrons. The zero-order valence-electron chi connectivity index (χ0n) is 17.8. The standard InChI is InChI=1S/C21H36BrO5P/c1-5-7-9-11-13-26-20-16-19(22)21(27-14-12-10-8-6-2)15-18(20)17-28(23,24-3)25-4/h15-16H,5-14,17H2,1-4H3. The molecule has 0 heterocycles. The zero-order chi connectivity index (χ0) is 20.8. The van der Waals surface area contributed by atoms with Gasteiger partial charge >= 0.3 is 7.60 Å². The van der Waals surface area contributed by atoms with Gasteiger partial charge in [-0.25, -0.2) is 0 Å². The first-order chi connectivity index (χ1) is 13.5. The normalized spacial score (nSPS) is 11.6. The van der Waals surface area contributed by atoms with Crippen molar-refractivity contribution < 1.29 is 23.1 Å². The van der Waals surface area contributed by atoms with Gasteiger partial charge in [0, 0.05) is 19.8 Å². The molecule has 0 aliphatic rings. The van der Waals surface area contributed by atoms with Gasteiger partial charge in [-0.3, -0.25) is 4.57 Å². The molecule has 28 heavy (non-hydrogen) atoms. The van der Waals surface area contributed by atoms with E-state index in [1.807, 2.05) is 12.1 Å². The molecule has 0 amide bonds. The number of rotatable bonds is 16. The largest absolute Gasteiger partial charge is 0.493 e. The van der Waals surface area contributed by atoms with Crippen LogP contribution in [0.2, 0.25) is 0 Å². The van der Waals surface area contributed by atoms with Gasteiger partial charge in [-0.2, -0.15) is 0 Å². The van der Waals surface area contributed by atoms with Crippen LogP contribution in [0.4, 0.5) is 0 Å². The molecule has 0 atom stereocenters. The lowest BCUT2D eigenvalue weighted by Crippen LogP contribution is -2.04. The van der Waals surface area contributed by atoms with Crippen molar-refractivity contribution in [1.82, 2.24) is 0 Å². The van der Waals surface area contributed by atoms with Gasteiger partial charge in [-0.15, -0.1) is 0 Å². The fraction of sp³-hybridized carbons (Fsp3) is 0.714. The first kappa shape index (κ1) is 25.5. The third kappa shape index (κ3) is 9.30. The number of unbranched alkanes of at least 4 members (excludes halogenated alkanes) is 6. The van der Waals surface area contributed by atoms with Crippen LogP contribution in [-0.4, -0.2) is 27.4 Å². The van der Waals surface area contributed by atoms with Crippen LogP contribution in [-0.2, 0) is 19.8 Å². The van der Waals surface area contributed by atoms with Gasteiger partial charge in [-0.05, 0) is 40.9 Å². The molecule has 5 nitrogen and oxygen atoms in total. The number of hydrogen-bond acceptors (Lipinski definition) is 5. The molecule has 0 bridgehead atoms. The maximum atomic E-state index is 12.7. The second-order valence-electron chi connectivity index (χ2n) is 6.84. The smallest absolute Gasteiger partial charge is 0.334 e. The molecule has 0 radical (unpaired) electrons. The molecule has 0 aliphatic carbocycles. The third-order valence-corrected chi connectivity index (χ3v) is 7.01. The van der Waals surface area contributed by atoms with E-state index in [1.165, 1.54) is 39.9 Å². The Labute approximate surface area is 179 Å². The average molecular weight is 479 g/mol. The molecule has 1 aromatic carbocycles. The lowest BCUT2D eigenvalue weighted by Gasteiger charge is -2.19. The van der Waals surface area contributed by atoms with Gasteiger partial charge in [-0.1, -0.05) is 52.4 Å². The zero-order valence-corrected chi connectivity index (χ0v) is 20.3. The summed E-state index contributed by atoms with van der Waals surface area (Å²) in [6.07, 6.45) is 9.24. The van der Waals surface area contributed by atoms with Crippen molar-refractivity contribution in [2.75, 3.05) is 27.4 Å². The Balaban J connectivity index is 2.89. The Hall–Kier alpha value is -0.550. The Morgan fingerprint density at radius 2 is 1.36 bits per heavy atom. The molecule has 0 saturated carbocycles. The van der Waals surface area contributed by atoms with Gasteiger partial charge in [0.25, 0.3) is 0 Å². The maximum absolute atomic E-state index is 12.7. The predicted molar refractivity (Wildman–Crippen MR) is 119 cm³/mol. The summed E-state index contributed by atoms with van der Waals surface area (Å²) in [4.78, 5) is 0. The fourth-order valence-electron chi connectivity index (χ4n) is 2.78. The van der Waals surface area contributed by atoms with Crippen LogP contribution < -0.4 is 9.47 Å². The first-order valence-corrected chi connectivity index (χ1v) is 12.8. The van der Waals surface area contributed by atoms with Crippen molar-refractivity contribution in [1.29, 1.82) is 0 Å². The summed E-state index contributed by atoms with van der Waals surface area (Å²) < 4.78 is 35.7. The molecule has 7 heteroatoms. The van der Waals surface area contributed by atoms with Crippen molar-refractivity contribution in [3.63, 3.8) is 0 Å². The minimum atomic E-state index is -3.21. The molecule has 0 aliphatic heterocycles. The highest BCUT2D eigenvalue weighted by Crippen LogP contribution is 2.52. The lowest BCUT2D eigenvalue weighted by atomic mass is 10.2. The fourth-order valence-corrected chi connectivity index (χ4v) is 4.29. The van der Waals surface area contributed by atoms with Crippen molar-refractivity contribution in [2.45, 2.75) is 71.4 Å². The van der Waals surface area contributed by atoms with Gasteiger partial charge in [0.2, 0.25) is 0 Å². The monoisotopic (exact) mass is 478 g/mol. The summed E-state index contributed by atoms with van der Waals surface area (Å²) in [5.41, 5.74) is 0.772. The highest BCUT2D eigenvalue weighted by atomic mass is 79.9. The minimum absolute atomic E-state index is 0.143. The van der Waals surface area contributed by atoms with Crippen molar-refractivity contribution in [3.8, 4) is 11.5 Å². The quantitative estimate of drug-likeness (QED) is 0.183. The molecular formula is C21H36BrO5P. The van der Waals surface area contributed by atoms with E-state index >= 15 is 0 Å². The van der Waals surface area contributed by atoms with Crippen LogP contribution in [0.1, 0.15) is 70.8 Å². The molecule has 0 aromatic heterocycles. The van der Waals surface area contributed by atoms with Crippen LogP contribution in [0.3, 0.4) is 0 Å². The van der Waals surface area contributed by atoms with Crippen molar-refractivity contribution in [2.24, 2.45) is 0 Å². The number of halogens is 1. The van der Waals surface area contributed by atoms with E-state index in [0.29, 0.717) is 19.0 Å². The molecule has 0 spiro atoms. The van der Waals surface area contributed by atoms with E-state index in [1.54, 1.807) is 0 Å². The first-order valence-electron chi connectivity index (χ1n) is 10.3. The highest BCUT2D eigenvalue weighted by Gasteiger charge is 2.25. The SMILES string of the molecule is CCCCCCOc1cc(CP(=O)(OC)OC)c(OCCCCCC)cc1Br. The minimum Gasteiger partial charge on any atom is -0.493 e. The van der Waals surface area contributed by atoms with E-state index in [2.05, 4.69) is 29.8 Å². The van der Waals surface area contributed by atoms with Gasteiger partial charge in [0.15, 0.2) is 0 Å². The Morgan fingerprint density at radius 1 is 0.821 bits per heavy atom. The van der Waals surface area contributed by atoms with E-state index in [9.17, 15) is 4.57 Å². The van der Waals surface area contributed by atoms with Crippen molar-refractivity contribution >= 4 is 23.5 Å². The number of hydrogen-bond donors (Lipinski definition) is 0. The summed E-state index contributed by atoms with van der Waals surface area (Å²) in [7, 11) is -0.402. The second-order valence-corrected chi connectivity index (χ2v) is 9.97. The molecule has 0 unspecified atom stereocenters. The van der Waals surface area contributed by atoms with Crippen LogP contribution >= 0.6 is 23.5 Å². The third-order valence-electron chi connectivity index (χ3n) is 4.55. The topological polar surface area (TPSA) is 54.0 Å². The summed E-state index contributed by atoms with van der Waals surface area (Å²) >= 11 is 3.58. The summed E-state index contributed by atoms with van der Waals surface area (Å²) in [5.74, 6) is 1.42. The lowest BCUT2D eigenvalue weighted by molar-refractivity contribution is 0.271. The van der Waals surface area contributed by atoms with Crippen LogP contribution in [0.5, 0.6) is 11.5 Å². The van der Waals surface area contributed by atoms with Crippen LogP contribution in [0.25, 0.3) is 0 Å². The number of benzene rings is 1. The van der Waals surface area contributed by atoms with E-state index in [4.69, 9.17) is 18.5 Å². The van der Waals surface area contributed by atoms with Gasteiger partial charge < -0.3 is 18.5 Å². The average Bonchev–Trinajstić information content (AvgIpc) is 2.70. The van der Waals surface area contributed by atoms with Gasteiger partial charge in [0.05, 0.1) is 23.8 Å². The second kappa shape index (κ2) is 14.4. The summed E-state index contributed by atoms with van der Waals surface area (Å²) in [6, 6.07) is 3.78. The van der Waals surface area contributed by atoms with E-state index in [-0.39, 0.29) is 6.16 Å². The maximum Gasteiger partial charge on any atom is 0.334 e. The van der Waals surface area contributed by atoms with Crippen molar-refractivity contribution in [3.05, 3.63) is 22.2 Å². The molecule has 0 fully saturated rings. The van der Waals surface area contributed by atoms with E-state index < -0.39 is 7.60 Å². The van der Waals surface area contributed by atoms with Crippen LogP contribution in [0.15, 0.2) is 16.6 Å². The molecular weight excluding hydrogens is 443 g/mol. The van der Waals surface area contributed by atoms with Gasteiger partial charge in [0.1, 0.15) is 11.5 Å². The van der Waals surface area contributed by atoms with Crippen LogP contribution in [0, 0.1) is 0 Å². The predicted octanol–water partition coefficient (Wildman–Crippen LogP) is 7.35. The Kier molecular flexibility index (Phi) is 13.1. The molecule has 0 saturated heterocycles. The highest BCUT2D eigenvalue weighted by molar-refractivity contribution is 9.10. The Bertz CT molecular complexity index is 601. The molecule has 0 N–H and O–H groups in total. The van der Waals surface area contributed by atoms with E-state index in [0.717, 1.165) is 41.5 Å². The molecule has 1 rings (SSSR count). The molecule has 1 aromatic rings. The summed E-state index contributed by atoms with van der Waals surface area (Å²) in [6.45, 7) is 5.65. The number of ether oxygens (including phenoxy) is 2. The Morgan fingerprint density at radius 3 is 1.86 bits per heavy atom.